The van der Waals surface area contributed by atoms with Crippen LogP contribution in [0.4, 0.5) is 0 Å². The van der Waals surface area contributed by atoms with Gasteiger partial charge in [0.25, 0.3) is 0 Å². The van der Waals surface area contributed by atoms with E-state index in [-0.39, 0.29) is 18.2 Å². The molecular formula is C15H24N2O. The van der Waals surface area contributed by atoms with Crippen LogP contribution in [-0.2, 0) is 0 Å². The van der Waals surface area contributed by atoms with E-state index in [0.717, 1.165) is 19.4 Å². The van der Waals surface area contributed by atoms with Crippen LogP contribution < -0.4 is 5.73 Å². The van der Waals surface area contributed by atoms with Crippen LogP contribution in [0.3, 0.4) is 0 Å². The summed E-state index contributed by atoms with van der Waals surface area (Å²) in [6.45, 7) is 3.07. The monoisotopic (exact) mass is 248 g/mol. The summed E-state index contributed by atoms with van der Waals surface area (Å²) in [6, 6.07) is 10.8. The average molecular weight is 248 g/mol. The minimum Gasteiger partial charge on any atom is -0.393 e. The van der Waals surface area contributed by atoms with E-state index in [1.54, 1.807) is 0 Å². The Morgan fingerprint density at radius 1 is 1.33 bits per heavy atom. The van der Waals surface area contributed by atoms with Crippen molar-refractivity contribution in [3.63, 3.8) is 0 Å². The zero-order valence-electron chi connectivity index (χ0n) is 11.3. The molecule has 1 aromatic carbocycles. The van der Waals surface area contributed by atoms with Crippen LogP contribution in [0.1, 0.15) is 31.4 Å². The van der Waals surface area contributed by atoms with Crippen molar-refractivity contribution in [2.24, 2.45) is 11.7 Å². The number of rotatable bonds is 5. The lowest BCUT2D eigenvalue weighted by Crippen LogP contribution is -2.43. The van der Waals surface area contributed by atoms with Gasteiger partial charge in [0.05, 0.1) is 6.10 Å². The first kappa shape index (κ1) is 13.5. The Morgan fingerprint density at radius 3 is 2.44 bits per heavy atom. The van der Waals surface area contributed by atoms with Gasteiger partial charge in [-0.2, -0.15) is 0 Å². The Kier molecular flexibility index (Phi) is 4.38. The van der Waals surface area contributed by atoms with Crippen molar-refractivity contribution in [2.75, 3.05) is 13.6 Å². The van der Waals surface area contributed by atoms with Crippen LogP contribution in [-0.4, -0.2) is 35.7 Å². The fraction of sp³-hybridized carbons (Fsp3) is 0.600. The predicted octanol–water partition coefficient (Wildman–Crippen LogP) is 1.78. The van der Waals surface area contributed by atoms with Gasteiger partial charge < -0.3 is 10.8 Å². The van der Waals surface area contributed by atoms with Crippen molar-refractivity contribution in [3.8, 4) is 0 Å². The molecule has 0 bridgehead atoms. The summed E-state index contributed by atoms with van der Waals surface area (Å²) in [4.78, 5) is 2.33. The summed E-state index contributed by atoms with van der Waals surface area (Å²) in [5, 5.41) is 9.35. The highest BCUT2D eigenvalue weighted by molar-refractivity contribution is 5.20. The maximum absolute atomic E-state index is 9.35. The summed E-state index contributed by atoms with van der Waals surface area (Å²) in [6.07, 6.45) is 1.80. The molecule has 1 fully saturated rings. The molecule has 3 heteroatoms. The van der Waals surface area contributed by atoms with E-state index in [1.807, 2.05) is 6.07 Å². The Labute approximate surface area is 110 Å². The molecular weight excluding hydrogens is 224 g/mol. The molecule has 0 amide bonds. The summed E-state index contributed by atoms with van der Waals surface area (Å²) in [7, 11) is 2.13. The maximum Gasteiger partial charge on any atom is 0.0546 e. The van der Waals surface area contributed by atoms with E-state index in [2.05, 4.69) is 43.1 Å². The van der Waals surface area contributed by atoms with E-state index < -0.39 is 0 Å². The molecule has 2 unspecified atom stereocenters. The van der Waals surface area contributed by atoms with Gasteiger partial charge in [-0.1, -0.05) is 30.3 Å². The van der Waals surface area contributed by atoms with E-state index >= 15 is 0 Å². The van der Waals surface area contributed by atoms with Gasteiger partial charge in [-0.15, -0.1) is 0 Å². The Morgan fingerprint density at radius 2 is 1.94 bits per heavy atom. The van der Waals surface area contributed by atoms with E-state index in [0.29, 0.717) is 5.92 Å². The van der Waals surface area contributed by atoms with Crippen LogP contribution in [0.2, 0.25) is 0 Å². The van der Waals surface area contributed by atoms with Crippen LogP contribution in [0, 0.1) is 5.92 Å². The van der Waals surface area contributed by atoms with Gasteiger partial charge in [0.2, 0.25) is 0 Å². The molecule has 2 rings (SSSR count). The van der Waals surface area contributed by atoms with Crippen molar-refractivity contribution in [1.29, 1.82) is 0 Å². The summed E-state index contributed by atoms with van der Waals surface area (Å²) in [5.74, 6) is 0.620. The molecule has 0 radical (unpaired) electrons. The number of nitrogens with two attached hydrogens (primary N) is 1. The lowest BCUT2D eigenvalue weighted by Gasteiger charge is -2.39. The number of benzene rings is 1. The molecule has 0 aromatic heterocycles. The molecule has 1 saturated carbocycles. The first-order chi connectivity index (χ1) is 8.58. The molecule has 1 aromatic rings. The lowest BCUT2D eigenvalue weighted by molar-refractivity contribution is 0.0203. The molecule has 0 heterocycles. The first-order valence-electron chi connectivity index (χ1n) is 6.76. The Balaban J connectivity index is 2.01. The van der Waals surface area contributed by atoms with Crippen LogP contribution in [0.25, 0.3) is 0 Å². The topological polar surface area (TPSA) is 49.5 Å². The number of nitrogens with zero attached hydrogens (tertiary/aromatic N) is 1. The van der Waals surface area contributed by atoms with Crippen molar-refractivity contribution < 1.29 is 5.11 Å². The largest absolute Gasteiger partial charge is 0.393 e. The molecule has 1 aliphatic carbocycles. The Hall–Kier alpha value is -0.900. The maximum atomic E-state index is 9.35. The average Bonchev–Trinajstić information content (AvgIpc) is 2.28. The number of aliphatic hydroxyl groups is 1. The zero-order valence-corrected chi connectivity index (χ0v) is 11.3. The second-order valence-corrected chi connectivity index (χ2v) is 5.65. The van der Waals surface area contributed by atoms with Gasteiger partial charge in [0.1, 0.15) is 0 Å². The van der Waals surface area contributed by atoms with Crippen molar-refractivity contribution in [2.45, 2.75) is 38.0 Å². The van der Waals surface area contributed by atoms with Gasteiger partial charge >= 0.3 is 0 Å². The SMILES string of the molecule is CC(N)C(c1ccccc1)N(C)CC1CC(O)C1. The first-order valence-corrected chi connectivity index (χ1v) is 6.76. The third-order valence-electron chi connectivity index (χ3n) is 3.87. The molecule has 100 valence electrons. The molecule has 0 saturated heterocycles. The van der Waals surface area contributed by atoms with Gasteiger partial charge in [0.15, 0.2) is 0 Å². The minimum absolute atomic E-state index is 0.0751. The number of hydrogen-bond acceptors (Lipinski definition) is 3. The molecule has 18 heavy (non-hydrogen) atoms. The van der Waals surface area contributed by atoms with E-state index in [4.69, 9.17) is 5.73 Å². The van der Waals surface area contributed by atoms with Crippen LogP contribution in [0.5, 0.6) is 0 Å². The molecule has 3 N–H and O–H groups in total. The van der Waals surface area contributed by atoms with Gasteiger partial charge in [-0.3, -0.25) is 4.90 Å². The highest BCUT2D eigenvalue weighted by atomic mass is 16.3. The summed E-state index contributed by atoms with van der Waals surface area (Å²) in [5.41, 5.74) is 7.41. The van der Waals surface area contributed by atoms with Gasteiger partial charge in [-0.05, 0) is 38.3 Å². The molecule has 3 nitrogen and oxygen atoms in total. The van der Waals surface area contributed by atoms with Crippen molar-refractivity contribution in [1.82, 2.24) is 4.90 Å². The van der Waals surface area contributed by atoms with Crippen LogP contribution >= 0.6 is 0 Å². The fourth-order valence-electron chi connectivity index (χ4n) is 2.98. The highest BCUT2D eigenvalue weighted by Gasteiger charge is 2.30. The third kappa shape index (κ3) is 3.10. The Bertz CT molecular complexity index is 360. The summed E-state index contributed by atoms with van der Waals surface area (Å²) >= 11 is 0. The van der Waals surface area contributed by atoms with Gasteiger partial charge in [-0.25, -0.2) is 0 Å². The van der Waals surface area contributed by atoms with Crippen molar-refractivity contribution in [3.05, 3.63) is 35.9 Å². The lowest BCUT2D eigenvalue weighted by atomic mass is 9.81. The fourth-order valence-corrected chi connectivity index (χ4v) is 2.98. The molecule has 1 aliphatic rings. The quantitative estimate of drug-likeness (QED) is 0.835. The molecule has 0 aliphatic heterocycles. The van der Waals surface area contributed by atoms with E-state index in [9.17, 15) is 5.11 Å². The predicted molar refractivity (Wildman–Crippen MR) is 74.2 cm³/mol. The van der Waals surface area contributed by atoms with Gasteiger partial charge in [0, 0.05) is 18.6 Å². The van der Waals surface area contributed by atoms with Crippen LogP contribution in [0.15, 0.2) is 30.3 Å². The second kappa shape index (κ2) is 5.83. The molecule has 2 atom stereocenters. The standard InChI is InChI=1S/C15H24N2O/c1-11(16)15(13-6-4-3-5-7-13)17(2)10-12-8-14(18)9-12/h3-7,11-12,14-15,18H,8-10,16H2,1-2H3. The normalized spacial score (nSPS) is 26.7. The smallest absolute Gasteiger partial charge is 0.0546 e. The zero-order chi connectivity index (χ0) is 13.1. The number of aliphatic hydroxyl groups excluding tert-OH is 1. The van der Waals surface area contributed by atoms with Crippen molar-refractivity contribution >= 4 is 0 Å². The second-order valence-electron chi connectivity index (χ2n) is 5.65. The number of likely N-dealkylation sites (N-methyl/N-ethyl adjacent to an activating group) is 1. The third-order valence-corrected chi connectivity index (χ3v) is 3.87. The highest BCUT2D eigenvalue weighted by Crippen LogP contribution is 2.31. The summed E-state index contributed by atoms with van der Waals surface area (Å²) < 4.78 is 0. The molecule has 0 spiro atoms. The minimum atomic E-state index is -0.0751. The number of hydrogen-bond donors (Lipinski definition) is 2. The van der Waals surface area contributed by atoms with E-state index in [1.165, 1.54) is 5.56 Å².